The highest BCUT2D eigenvalue weighted by atomic mass is 16.5. The van der Waals surface area contributed by atoms with Crippen molar-refractivity contribution in [2.24, 2.45) is 11.7 Å². The van der Waals surface area contributed by atoms with Gasteiger partial charge in [0.05, 0.1) is 18.8 Å². The second kappa shape index (κ2) is 8.80. The predicted octanol–water partition coefficient (Wildman–Crippen LogP) is 2.47. The van der Waals surface area contributed by atoms with Gasteiger partial charge in [0.15, 0.2) is 0 Å². The van der Waals surface area contributed by atoms with E-state index in [0.29, 0.717) is 26.2 Å². The fourth-order valence-electron chi connectivity index (χ4n) is 2.11. The van der Waals surface area contributed by atoms with Crippen LogP contribution in [0.3, 0.4) is 0 Å². The SMILES string of the molecule is CCCC(C)(N)C(=O)NCC(C)COCc1ccccc1. The first-order valence-electron chi connectivity index (χ1n) is 7.64. The smallest absolute Gasteiger partial charge is 0.239 e. The summed E-state index contributed by atoms with van der Waals surface area (Å²) in [5.74, 6) is 0.175. The number of hydrogen-bond donors (Lipinski definition) is 2. The summed E-state index contributed by atoms with van der Waals surface area (Å²) in [6, 6.07) is 10.1. The molecule has 118 valence electrons. The van der Waals surface area contributed by atoms with Gasteiger partial charge in [-0.25, -0.2) is 0 Å². The van der Waals surface area contributed by atoms with Crippen molar-refractivity contribution in [2.75, 3.05) is 13.2 Å². The number of rotatable bonds is 9. The average molecular weight is 292 g/mol. The Morgan fingerprint density at radius 2 is 2.05 bits per heavy atom. The van der Waals surface area contributed by atoms with Crippen molar-refractivity contribution in [1.29, 1.82) is 0 Å². The summed E-state index contributed by atoms with van der Waals surface area (Å²) in [6.07, 6.45) is 1.59. The van der Waals surface area contributed by atoms with E-state index in [0.717, 1.165) is 12.0 Å². The molecular formula is C17H28N2O2. The highest BCUT2D eigenvalue weighted by molar-refractivity contribution is 5.85. The minimum absolute atomic E-state index is 0.0840. The minimum atomic E-state index is -0.778. The molecular weight excluding hydrogens is 264 g/mol. The van der Waals surface area contributed by atoms with Gasteiger partial charge >= 0.3 is 0 Å². The molecule has 0 aromatic heterocycles. The minimum Gasteiger partial charge on any atom is -0.376 e. The number of benzene rings is 1. The zero-order valence-corrected chi connectivity index (χ0v) is 13.4. The van der Waals surface area contributed by atoms with Crippen LogP contribution in [0, 0.1) is 5.92 Å². The molecule has 0 saturated heterocycles. The molecule has 0 heterocycles. The van der Waals surface area contributed by atoms with E-state index in [9.17, 15) is 4.79 Å². The maximum atomic E-state index is 12.0. The second-order valence-corrected chi connectivity index (χ2v) is 5.98. The molecule has 1 aromatic carbocycles. The van der Waals surface area contributed by atoms with E-state index in [2.05, 4.69) is 12.2 Å². The Bertz CT molecular complexity index is 418. The first-order chi connectivity index (χ1) is 9.95. The van der Waals surface area contributed by atoms with Crippen molar-refractivity contribution in [2.45, 2.75) is 45.8 Å². The molecule has 21 heavy (non-hydrogen) atoms. The summed E-state index contributed by atoms with van der Waals surface area (Å²) in [5.41, 5.74) is 6.37. The maximum absolute atomic E-state index is 12.0. The summed E-state index contributed by atoms with van der Waals surface area (Å²) < 4.78 is 5.66. The number of carbonyl (C=O) groups is 1. The van der Waals surface area contributed by atoms with Crippen LogP contribution >= 0.6 is 0 Å². The largest absolute Gasteiger partial charge is 0.376 e. The van der Waals surface area contributed by atoms with Gasteiger partial charge in [-0.2, -0.15) is 0 Å². The number of hydrogen-bond acceptors (Lipinski definition) is 3. The van der Waals surface area contributed by atoms with Crippen LogP contribution in [0.15, 0.2) is 30.3 Å². The Morgan fingerprint density at radius 1 is 1.38 bits per heavy atom. The lowest BCUT2D eigenvalue weighted by Gasteiger charge is -2.24. The van der Waals surface area contributed by atoms with Crippen molar-refractivity contribution in [3.8, 4) is 0 Å². The fraction of sp³-hybridized carbons (Fsp3) is 0.588. The van der Waals surface area contributed by atoms with E-state index in [1.54, 1.807) is 6.92 Å². The zero-order valence-electron chi connectivity index (χ0n) is 13.4. The Balaban J connectivity index is 2.22. The lowest BCUT2D eigenvalue weighted by molar-refractivity contribution is -0.126. The predicted molar refractivity (Wildman–Crippen MR) is 85.8 cm³/mol. The Labute approximate surface area is 128 Å². The van der Waals surface area contributed by atoms with Gasteiger partial charge in [-0.1, -0.05) is 50.6 Å². The van der Waals surface area contributed by atoms with Gasteiger partial charge in [-0.05, 0) is 24.8 Å². The van der Waals surface area contributed by atoms with Crippen LogP contribution in [-0.2, 0) is 16.1 Å². The van der Waals surface area contributed by atoms with E-state index < -0.39 is 5.54 Å². The third-order valence-corrected chi connectivity index (χ3v) is 3.41. The standard InChI is InChI=1S/C17H28N2O2/c1-4-10-17(3,18)16(20)19-11-14(2)12-21-13-15-8-6-5-7-9-15/h5-9,14H,4,10-13,18H2,1-3H3,(H,19,20). The van der Waals surface area contributed by atoms with Crippen LogP contribution in [0.2, 0.25) is 0 Å². The number of ether oxygens (including phenoxy) is 1. The molecule has 0 aliphatic heterocycles. The van der Waals surface area contributed by atoms with Gasteiger partial charge < -0.3 is 15.8 Å². The van der Waals surface area contributed by atoms with Gasteiger partial charge in [-0.15, -0.1) is 0 Å². The van der Waals surface area contributed by atoms with Gasteiger partial charge in [-0.3, -0.25) is 4.79 Å². The third kappa shape index (κ3) is 6.74. The summed E-state index contributed by atoms with van der Waals surface area (Å²) in [5, 5.41) is 2.91. The molecule has 0 spiro atoms. The Kier molecular flexibility index (Phi) is 7.40. The van der Waals surface area contributed by atoms with Crippen LogP contribution in [0.4, 0.5) is 0 Å². The Morgan fingerprint density at radius 3 is 2.67 bits per heavy atom. The molecule has 0 fully saturated rings. The molecule has 0 saturated carbocycles. The molecule has 1 rings (SSSR count). The number of carbonyl (C=O) groups excluding carboxylic acids is 1. The first-order valence-corrected chi connectivity index (χ1v) is 7.64. The molecule has 2 unspecified atom stereocenters. The number of nitrogens with two attached hydrogens (primary N) is 1. The molecule has 4 nitrogen and oxygen atoms in total. The van der Waals surface area contributed by atoms with E-state index >= 15 is 0 Å². The number of amides is 1. The summed E-state index contributed by atoms with van der Waals surface area (Å²) in [7, 11) is 0. The Hall–Kier alpha value is -1.39. The summed E-state index contributed by atoms with van der Waals surface area (Å²) in [6.45, 7) is 7.66. The normalized spacial score (nSPS) is 15.2. The van der Waals surface area contributed by atoms with Crippen molar-refractivity contribution >= 4 is 5.91 Å². The molecule has 1 aromatic rings. The average Bonchev–Trinajstić information content (AvgIpc) is 2.45. The van der Waals surface area contributed by atoms with Crippen molar-refractivity contribution in [3.05, 3.63) is 35.9 Å². The van der Waals surface area contributed by atoms with Crippen molar-refractivity contribution in [1.82, 2.24) is 5.32 Å². The molecule has 3 N–H and O–H groups in total. The van der Waals surface area contributed by atoms with Crippen LogP contribution in [0.5, 0.6) is 0 Å². The topological polar surface area (TPSA) is 64.4 Å². The first kappa shape index (κ1) is 17.7. The molecule has 1 amide bonds. The lowest BCUT2D eigenvalue weighted by atomic mass is 9.96. The lowest BCUT2D eigenvalue weighted by Crippen LogP contribution is -2.52. The van der Waals surface area contributed by atoms with E-state index in [1.165, 1.54) is 0 Å². The van der Waals surface area contributed by atoms with Crippen LogP contribution in [-0.4, -0.2) is 24.6 Å². The second-order valence-electron chi connectivity index (χ2n) is 5.98. The maximum Gasteiger partial charge on any atom is 0.239 e. The van der Waals surface area contributed by atoms with Crippen molar-refractivity contribution in [3.63, 3.8) is 0 Å². The third-order valence-electron chi connectivity index (χ3n) is 3.41. The van der Waals surface area contributed by atoms with Gasteiger partial charge in [0, 0.05) is 6.54 Å². The number of nitrogens with one attached hydrogen (secondary N) is 1. The van der Waals surface area contributed by atoms with Crippen molar-refractivity contribution < 1.29 is 9.53 Å². The fourth-order valence-corrected chi connectivity index (χ4v) is 2.11. The molecule has 0 aliphatic carbocycles. The quantitative estimate of drug-likeness (QED) is 0.735. The monoisotopic (exact) mass is 292 g/mol. The molecule has 4 heteroatoms. The molecule has 0 bridgehead atoms. The van der Waals surface area contributed by atoms with E-state index in [1.807, 2.05) is 37.3 Å². The van der Waals surface area contributed by atoms with Crippen LogP contribution in [0.1, 0.15) is 39.2 Å². The molecule has 0 aliphatic rings. The highest BCUT2D eigenvalue weighted by Crippen LogP contribution is 2.09. The molecule has 0 radical (unpaired) electrons. The zero-order chi connectivity index (χ0) is 15.7. The summed E-state index contributed by atoms with van der Waals surface area (Å²) >= 11 is 0. The van der Waals surface area contributed by atoms with E-state index in [4.69, 9.17) is 10.5 Å². The van der Waals surface area contributed by atoms with Gasteiger partial charge in [0.1, 0.15) is 0 Å². The van der Waals surface area contributed by atoms with Gasteiger partial charge in [0.25, 0.3) is 0 Å². The van der Waals surface area contributed by atoms with Gasteiger partial charge in [0.2, 0.25) is 5.91 Å². The van der Waals surface area contributed by atoms with E-state index in [-0.39, 0.29) is 11.8 Å². The summed E-state index contributed by atoms with van der Waals surface area (Å²) in [4.78, 5) is 12.0. The van der Waals surface area contributed by atoms with Crippen LogP contribution in [0.25, 0.3) is 0 Å². The van der Waals surface area contributed by atoms with Crippen LogP contribution < -0.4 is 11.1 Å². The highest BCUT2D eigenvalue weighted by Gasteiger charge is 2.26. The molecule has 2 atom stereocenters.